The summed E-state index contributed by atoms with van der Waals surface area (Å²) in [6.45, 7) is 9.33. The third-order valence-corrected chi connectivity index (χ3v) is 4.74. The molecule has 2 saturated heterocycles. The number of likely N-dealkylation sites (tertiary alicyclic amines) is 1. The molecule has 2 aliphatic heterocycles. The zero-order valence-corrected chi connectivity index (χ0v) is 12.9. The van der Waals surface area contributed by atoms with E-state index in [-0.39, 0.29) is 0 Å². The molecule has 3 rings (SSSR count). The highest BCUT2D eigenvalue weighted by molar-refractivity contribution is 5.48. The van der Waals surface area contributed by atoms with Crippen molar-refractivity contribution in [1.82, 2.24) is 9.88 Å². The van der Waals surface area contributed by atoms with Crippen molar-refractivity contribution < 1.29 is 0 Å². The average Bonchev–Trinajstić information content (AvgIpc) is 3.09. The van der Waals surface area contributed by atoms with Crippen LogP contribution in [0.15, 0.2) is 12.3 Å². The quantitative estimate of drug-likeness (QED) is 0.836. The molecule has 0 N–H and O–H groups in total. The molecule has 110 valence electrons. The van der Waals surface area contributed by atoms with Gasteiger partial charge in [0.25, 0.3) is 0 Å². The van der Waals surface area contributed by atoms with Crippen LogP contribution in [0.4, 0.5) is 5.82 Å². The van der Waals surface area contributed by atoms with Gasteiger partial charge in [0.05, 0.1) is 0 Å². The minimum atomic E-state index is 0.605. The summed E-state index contributed by atoms with van der Waals surface area (Å²) < 4.78 is 0. The fourth-order valence-corrected chi connectivity index (χ4v) is 3.79. The van der Waals surface area contributed by atoms with Crippen molar-refractivity contribution in [1.29, 1.82) is 0 Å². The molecule has 1 atom stereocenters. The second-order valence-electron chi connectivity index (χ2n) is 6.30. The van der Waals surface area contributed by atoms with Gasteiger partial charge < -0.3 is 4.90 Å². The number of rotatable bonds is 4. The van der Waals surface area contributed by atoms with Gasteiger partial charge in [-0.05, 0) is 69.3 Å². The number of hydrogen-bond acceptors (Lipinski definition) is 3. The van der Waals surface area contributed by atoms with E-state index in [9.17, 15) is 0 Å². The molecule has 0 spiro atoms. The van der Waals surface area contributed by atoms with Gasteiger partial charge in [-0.25, -0.2) is 4.98 Å². The van der Waals surface area contributed by atoms with E-state index in [0.29, 0.717) is 6.04 Å². The van der Waals surface area contributed by atoms with E-state index in [2.05, 4.69) is 35.9 Å². The second kappa shape index (κ2) is 6.13. The molecule has 1 aromatic heterocycles. The summed E-state index contributed by atoms with van der Waals surface area (Å²) in [5.74, 6) is 1.21. The van der Waals surface area contributed by atoms with Gasteiger partial charge in [-0.15, -0.1) is 0 Å². The summed E-state index contributed by atoms with van der Waals surface area (Å²) in [4.78, 5) is 9.87. The molecule has 2 fully saturated rings. The summed E-state index contributed by atoms with van der Waals surface area (Å²) in [5, 5.41) is 0. The van der Waals surface area contributed by atoms with E-state index < -0.39 is 0 Å². The Hall–Kier alpha value is -1.09. The minimum Gasteiger partial charge on any atom is -0.356 e. The van der Waals surface area contributed by atoms with E-state index >= 15 is 0 Å². The van der Waals surface area contributed by atoms with Crippen molar-refractivity contribution in [2.75, 3.05) is 31.1 Å². The Labute approximate surface area is 123 Å². The number of nitrogens with zero attached hydrogens (tertiary/aromatic N) is 3. The fraction of sp³-hybridized carbons (Fsp3) is 0.706. The van der Waals surface area contributed by atoms with Gasteiger partial charge in [0.2, 0.25) is 0 Å². The molecule has 0 aliphatic carbocycles. The van der Waals surface area contributed by atoms with E-state index in [4.69, 9.17) is 4.98 Å². The van der Waals surface area contributed by atoms with E-state index in [1.54, 1.807) is 0 Å². The molecule has 1 aromatic rings. The van der Waals surface area contributed by atoms with Crippen LogP contribution < -0.4 is 4.90 Å². The Morgan fingerprint density at radius 3 is 2.70 bits per heavy atom. The molecule has 0 aromatic carbocycles. The third-order valence-electron chi connectivity index (χ3n) is 4.74. The second-order valence-corrected chi connectivity index (χ2v) is 6.30. The van der Waals surface area contributed by atoms with E-state index in [1.807, 2.05) is 0 Å². The van der Waals surface area contributed by atoms with Crippen molar-refractivity contribution in [2.45, 2.75) is 52.0 Å². The molecule has 2 aliphatic rings. The third kappa shape index (κ3) is 2.69. The van der Waals surface area contributed by atoms with Crippen LogP contribution in [0, 0.1) is 6.92 Å². The Bertz CT molecular complexity index is 452. The molecular weight excluding hydrogens is 246 g/mol. The number of anilines is 1. The standard InChI is InChI=1S/C17H27N3/c1-3-8-19-11-6-7-16(19)15-12-14(2)17(18-13-15)20-9-4-5-10-20/h12-13,16H,3-11H2,1-2H3. The van der Waals surface area contributed by atoms with Gasteiger partial charge in [0.15, 0.2) is 0 Å². The summed E-state index contributed by atoms with van der Waals surface area (Å²) in [7, 11) is 0. The van der Waals surface area contributed by atoms with Gasteiger partial charge in [-0.1, -0.05) is 6.92 Å². The van der Waals surface area contributed by atoms with E-state index in [0.717, 1.165) is 0 Å². The number of aryl methyl sites for hydroxylation is 1. The Balaban J connectivity index is 1.79. The van der Waals surface area contributed by atoms with Crippen LogP contribution in [0.1, 0.15) is 56.2 Å². The van der Waals surface area contributed by atoms with Gasteiger partial charge in [-0.3, -0.25) is 4.90 Å². The first-order valence-electron chi connectivity index (χ1n) is 8.25. The first-order chi connectivity index (χ1) is 9.79. The summed E-state index contributed by atoms with van der Waals surface area (Å²) in [6.07, 6.45) is 8.64. The molecular formula is C17H27N3. The van der Waals surface area contributed by atoms with E-state index in [1.165, 1.54) is 75.2 Å². The minimum absolute atomic E-state index is 0.605. The molecule has 1 unspecified atom stereocenters. The molecule has 0 bridgehead atoms. The monoisotopic (exact) mass is 273 g/mol. The van der Waals surface area contributed by atoms with Crippen LogP contribution >= 0.6 is 0 Å². The van der Waals surface area contributed by atoms with Crippen molar-refractivity contribution in [2.24, 2.45) is 0 Å². The molecule has 3 heterocycles. The number of pyridine rings is 1. The van der Waals surface area contributed by atoms with Gasteiger partial charge in [0.1, 0.15) is 5.82 Å². The van der Waals surface area contributed by atoms with Crippen LogP contribution in [-0.2, 0) is 0 Å². The zero-order valence-electron chi connectivity index (χ0n) is 12.9. The van der Waals surface area contributed by atoms with Crippen LogP contribution in [0.2, 0.25) is 0 Å². The fourth-order valence-electron chi connectivity index (χ4n) is 3.79. The largest absolute Gasteiger partial charge is 0.356 e. The lowest BCUT2D eigenvalue weighted by atomic mass is 10.0. The molecule has 20 heavy (non-hydrogen) atoms. The summed E-state index contributed by atoms with van der Waals surface area (Å²) in [5.41, 5.74) is 2.78. The maximum Gasteiger partial charge on any atom is 0.131 e. The van der Waals surface area contributed by atoms with Crippen LogP contribution in [0.3, 0.4) is 0 Å². The summed E-state index contributed by atoms with van der Waals surface area (Å²) in [6, 6.07) is 2.99. The lowest BCUT2D eigenvalue weighted by Crippen LogP contribution is -2.25. The lowest BCUT2D eigenvalue weighted by Gasteiger charge is -2.25. The highest BCUT2D eigenvalue weighted by Crippen LogP contribution is 2.33. The SMILES string of the molecule is CCCN1CCCC1c1cnc(N2CCCC2)c(C)c1. The van der Waals surface area contributed by atoms with Crippen LogP contribution in [0.5, 0.6) is 0 Å². The highest BCUT2D eigenvalue weighted by atomic mass is 15.2. The summed E-state index contributed by atoms with van der Waals surface area (Å²) >= 11 is 0. The van der Waals surface area contributed by atoms with Gasteiger partial charge in [-0.2, -0.15) is 0 Å². The normalized spacial score (nSPS) is 23.7. The molecule has 3 nitrogen and oxygen atoms in total. The maximum atomic E-state index is 4.80. The van der Waals surface area contributed by atoms with Crippen molar-refractivity contribution >= 4 is 5.82 Å². The first-order valence-corrected chi connectivity index (χ1v) is 8.25. The molecule has 0 radical (unpaired) electrons. The lowest BCUT2D eigenvalue weighted by molar-refractivity contribution is 0.257. The highest BCUT2D eigenvalue weighted by Gasteiger charge is 2.26. The smallest absolute Gasteiger partial charge is 0.131 e. The Kier molecular flexibility index (Phi) is 4.25. The van der Waals surface area contributed by atoms with Crippen molar-refractivity contribution in [3.8, 4) is 0 Å². The molecule has 0 saturated carbocycles. The topological polar surface area (TPSA) is 19.4 Å². The average molecular weight is 273 g/mol. The van der Waals surface area contributed by atoms with Gasteiger partial charge >= 0.3 is 0 Å². The first kappa shape index (κ1) is 13.9. The Morgan fingerprint density at radius 1 is 1.20 bits per heavy atom. The maximum absolute atomic E-state index is 4.80. The van der Waals surface area contributed by atoms with Crippen molar-refractivity contribution in [3.63, 3.8) is 0 Å². The molecule has 0 amide bonds. The predicted octanol–water partition coefficient (Wildman–Crippen LogP) is 3.54. The zero-order chi connectivity index (χ0) is 13.9. The van der Waals surface area contributed by atoms with Crippen molar-refractivity contribution in [3.05, 3.63) is 23.4 Å². The number of hydrogen-bond donors (Lipinski definition) is 0. The molecule has 3 heteroatoms. The number of aromatic nitrogens is 1. The van der Waals surface area contributed by atoms with Crippen LogP contribution in [-0.4, -0.2) is 36.1 Å². The predicted molar refractivity (Wildman–Crippen MR) is 84.3 cm³/mol. The van der Waals surface area contributed by atoms with Gasteiger partial charge in [0, 0.05) is 25.3 Å². The Morgan fingerprint density at radius 2 is 2.00 bits per heavy atom. The van der Waals surface area contributed by atoms with Crippen LogP contribution in [0.25, 0.3) is 0 Å².